The van der Waals surface area contributed by atoms with Crippen LogP contribution >= 0.6 is 0 Å². The minimum atomic E-state index is -4.49. The van der Waals surface area contributed by atoms with Crippen LogP contribution in [0.25, 0.3) is 5.52 Å². The van der Waals surface area contributed by atoms with Gasteiger partial charge in [-0.15, -0.1) is 0 Å². The van der Waals surface area contributed by atoms with Crippen molar-refractivity contribution < 1.29 is 27.9 Å². The molecule has 2 unspecified atom stereocenters. The Kier molecular flexibility index (Phi) is 4.05. The molecule has 4 heterocycles. The first-order valence-corrected chi connectivity index (χ1v) is 9.79. The smallest absolute Gasteiger partial charge is 0.395 e. The highest BCUT2D eigenvalue weighted by atomic mass is 19.4. The molecule has 30 heavy (non-hydrogen) atoms. The number of nitrogens with zero attached hydrogens (tertiary/aromatic N) is 4. The molecule has 3 aliphatic rings. The molecule has 2 bridgehead atoms. The first-order valence-electron chi connectivity index (χ1n) is 9.79. The van der Waals surface area contributed by atoms with Crippen LogP contribution in [0, 0.1) is 11.8 Å². The lowest BCUT2D eigenvalue weighted by Crippen LogP contribution is -2.63. The number of carbonyl (C=O) groups excluding carboxylic acids is 2. The number of amides is 3. The van der Waals surface area contributed by atoms with Crippen molar-refractivity contribution in [1.82, 2.24) is 19.6 Å². The van der Waals surface area contributed by atoms with Crippen LogP contribution in [-0.2, 0) is 11.0 Å². The molecule has 2 atom stereocenters. The number of fused-ring (bicyclic) bond motifs is 1. The number of alkyl halides is 3. The van der Waals surface area contributed by atoms with E-state index < -0.39 is 23.3 Å². The molecule has 1 saturated carbocycles. The molecule has 3 amide bonds. The van der Waals surface area contributed by atoms with Gasteiger partial charge in [-0.2, -0.15) is 13.2 Å². The van der Waals surface area contributed by atoms with Gasteiger partial charge in [-0.1, -0.05) is 0 Å². The molecule has 8 nitrogen and oxygen atoms in total. The minimum Gasteiger partial charge on any atom is -0.395 e. The SMILES string of the molecule is O=C1NC2(C(=O)N1CCO)C1CCC2CN(c2cc(C(F)(F)F)cc3cncn23)C1. The number of β-amino-alcohol motifs (C(OH)–C–C–N with tert-alkyl or cyclic N) is 1. The first-order chi connectivity index (χ1) is 14.3. The minimum absolute atomic E-state index is 0.0706. The number of carbonyl (C=O) groups is 2. The standard InChI is InChI=1S/C19H20F3N5O3/c20-19(21,22)13-5-14-7-23-10-27(14)15(6-13)25-8-11-1-2-12(9-25)18(11)16(29)26(3-4-28)17(30)24-18/h5-7,10-12,28H,1-4,8-9H2,(H,24,30). The van der Waals surface area contributed by atoms with Gasteiger partial charge < -0.3 is 15.3 Å². The number of imidazole rings is 1. The maximum Gasteiger partial charge on any atom is 0.416 e. The van der Waals surface area contributed by atoms with Gasteiger partial charge in [0.25, 0.3) is 5.91 Å². The van der Waals surface area contributed by atoms with E-state index in [1.54, 1.807) is 4.40 Å². The number of hydrogen-bond donors (Lipinski definition) is 2. The monoisotopic (exact) mass is 423 g/mol. The summed E-state index contributed by atoms with van der Waals surface area (Å²) in [5.41, 5.74) is -1.46. The summed E-state index contributed by atoms with van der Waals surface area (Å²) in [6, 6.07) is 1.65. The van der Waals surface area contributed by atoms with E-state index >= 15 is 0 Å². The summed E-state index contributed by atoms with van der Waals surface area (Å²) in [5, 5.41) is 12.0. The van der Waals surface area contributed by atoms with Crippen LogP contribution in [0.1, 0.15) is 18.4 Å². The molecule has 2 aliphatic heterocycles. The highest BCUT2D eigenvalue weighted by Crippen LogP contribution is 2.49. The van der Waals surface area contributed by atoms with E-state index in [1.807, 2.05) is 4.90 Å². The van der Waals surface area contributed by atoms with Crippen molar-refractivity contribution in [1.29, 1.82) is 0 Å². The third-order valence-corrected chi connectivity index (χ3v) is 6.67. The summed E-state index contributed by atoms with van der Waals surface area (Å²) in [4.78, 5) is 32.3. The molecular weight excluding hydrogens is 403 g/mol. The molecule has 5 rings (SSSR count). The Bertz CT molecular complexity index is 1020. The van der Waals surface area contributed by atoms with Crippen LogP contribution in [0.15, 0.2) is 24.7 Å². The Morgan fingerprint density at radius 2 is 1.90 bits per heavy atom. The number of aliphatic hydroxyl groups excluding tert-OH is 1. The Labute approximate surface area is 169 Å². The topological polar surface area (TPSA) is 90.2 Å². The second-order valence-corrected chi connectivity index (χ2v) is 8.14. The zero-order chi connectivity index (χ0) is 21.3. The van der Waals surface area contributed by atoms with Gasteiger partial charge in [-0.25, -0.2) is 9.78 Å². The summed E-state index contributed by atoms with van der Waals surface area (Å²) < 4.78 is 41.9. The number of urea groups is 1. The quantitative estimate of drug-likeness (QED) is 0.730. The van der Waals surface area contributed by atoms with E-state index in [9.17, 15) is 27.9 Å². The second-order valence-electron chi connectivity index (χ2n) is 8.14. The fourth-order valence-electron chi connectivity index (χ4n) is 5.35. The first kappa shape index (κ1) is 19.2. The Balaban J connectivity index is 1.51. The number of halogens is 3. The Morgan fingerprint density at radius 3 is 2.53 bits per heavy atom. The van der Waals surface area contributed by atoms with Gasteiger partial charge >= 0.3 is 12.2 Å². The van der Waals surface area contributed by atoms with Crippen molar-refractivity contribution in [3.05, 3.63) is 30.2 Å². The molecule has 160 valence electrons. The van der Waals surface area contributed by atoms with Crippen LogP contribution < -0.4 is 10.2 Å². The van der Waals surface area contributed by atoms with E-state index in [4.69, 9.17) is 0 Å². The maximum atomic E-state index is 13.4. The summed E-state index contributed by atoms with van der Waals surface area (Å²) >= 11 is 0. The lowest BCUT2D eigenvalue weighted by Gasteiger charge is -2.44. The predicted molar refractivity (Wildman–Crippen MR) is 98.7 cm³/mol. The average molecular weight is 423 g/mol. The number of piperidine rings is 1. The molecule has 1 aliphatic carbocycles. The number of rotatable bonds is 3. The van der Waals surface area contributed by atoms with Gasteiger partial charge in [-0.05, 0) is 25.0 Å². The van der Waals surface area contributed by atoms with Crippen LogP contribution in [0.4, 0.5) is 23.8 Å². The average Bonchev–Trinajstić information content (AvgIpc) is 3.30. The Morgan fingerprint density at radius 1 is 1.20 bits per heavy atom. The number of nitrogens with one attached hydrogen (secondary N) is 1. The van der Waals surface area contributed by atoms with Crippen molar-refractivity contribution in [2.45, 2.75) is 24.6 Å². The van der Waals surface area contributed by atoms with Gasteiger partial charge in [0.1, 0.15) is 17.7 Å². The maximum absolute atomic E-state index is 13.4. The van der Waals surface area contributed by atoms with Gasteiger partial charge in [-0.3, -0.25) is 14.1 Å². The lowest BCUT2D eigenvalue weighted by atomic mass is 9.76. The van der Waals surface area contributed by atoms with Crippen LogP contribution in [0.3, 0.4) is 0 Å². The highest BCUT2D eigenvalue weighted by molar-refractivity contribution is 6.08. The summed E-state index contributed by atoms with van der Waals surface area (Å²) in [7, 11) is 0. The molecule has 3 fully saturated rings. The van der Waals surface area contributed by atoms with Crippen LogP contribution in [0.2, 0.25) is 0 Å². The lowest BCUT2D eigenvalue weighted by molar-refractivity contribution is -0.137. The molecule has 0 aromatic carbocycles. The van der Waals surface area contributed by atoms with Crippen molar-refractivity contribution in [3.8, 4) is 0 Å². The molecule has 1 spiro atoms. The fourth-order valence-corrected chi connectivity index (χ4v) is 5.35. The van der Waals surface area contributed by atoms with Crippen molar-refractivity contribution in [2.24, 2.45) is 11.8 Å². The number of imide groups is 1. The normalized spacial score (nSPS) is 28.8. The van der Waals surface area contributed by atoms with Gasteiger partial charge in [0.05, 0.1) is 30.4 Å². The molecule has 2 aromatic rings. The fraction of sp³-hybridized carbons (Fsp3) is 0.526. The van der Waals surface area contributed by atoms with E-state index in [0.29, 0.717) is 37.3 Å². The van der Waals surface area contributed by atoms with Crippen LogP contribution in [-0.4, -0.2) is 63.1 Å². The van der Waals surface area contributed by atoms with Crippen molar-refractivity contribution >= 4 is 23.3 Å². The van der Waals surface area contributed by atoms with E-state index in [1.165, 1.54) is 12.5 Å². The molecule has 2 aromatic heterocycles. The molecule has 0 radical (unpaired) electrons. The number of hydrogen-bond acceptors (Lipinski definition) is 5. The van der Waals surface area contributed by atoms with Gasteiger partial charge in [0.15, 0.2) is 0 Å². The van der Waals surface area contributed by atoms with E-state index in [0.717, 1.165) is 17.0 Å². The van der Waals surface area contributed by atoms with Crippen LogP contribution in [0.5, 0.6) is 0 Å². The van der Waals surface area contributed by atoms with E-state index in [2.05, 4.69) is 10.3 Å². The highest BCUT2D eigenvalue weighted by Gasteiger charge is 2.64. The third kappa shape index (κ3) is 2.54. The predicted octanol–water partition coefficient (Wildman–Crippen LogP) is 1.48. The van der Waals surface area contributed by atoms with Crippen molar-refractivity contribution in [2.75, 3.05) is 31.1 Å². The number of anilines is 1. The zero-order valence-corrected chi connectivity index (χ0v) is 15.9. The molecule has 11 heteroatoms. The molecule has 2 N–H and O–H groups in total. The second kappa shape index (κ2) is 6.34. The zero-order valence-electron chi connectivity index (χ0n) is 15.9. The largest absolute Gasteiger partial charge is 0.416 e. The number of aromatic nitrogens is 2. The Hall–Kier alpha value is -2.82. The van der Waals surface area contributed by atoms with Gasteiger partial charge in [0, 0.05) is 24.9 Å². The summed E-state index contributed by atoms with van der Waals surface area (Å²) in [5.74, 6) is -0.437. The number of aliphatic hydroxyl groups is 1. The van der Waals surface area contributed by atoms with E-state index in [-0.39, 0.29) is 30.9 Å². The third-order valence-electron chi connectivity index (χ3n) is 6.67. The summed E-state index contributed by atoms with van der Waals surface area (Å²) in [6.07, 6.45) is -0.260. The number of pyridine rings is 1. The molecule has 2 saturated heterocycles. The van der Waals surface area contributed by atoms with Gasteiger partial charge in [0.2, 0.25) is 0 Å². The molecular formula is C19H20F3N5O3. The van der Waals surface area contributed by atoms with Crippen molar-refractivity contribution in [3.63, 3.8) is 0 Å². The summed E-state index contributed by atoms with van der Waals surface area (Å²) in [6.45, 7) is 0.284.